The number of rotatable bonds is 3. The van der Waals surface area contributed by atoms with Crippen LogP contribution in [0.25, 0.3) is 0 Å². The van der Waals surface area contributed by atoms with Crippen LogP contribution in [0, 0.1) is 23.5 Å². The minimum atomic E-state index is -0.980. The van der Waals surface area contributed by atoms with Gasteiger partial charge in [-0.2, -0.15) is 0 Å². The summed E-state index contributed by atoms with van der Waals surface area (Å²) in [4.78, 5) is 40.1. The van der Waals surface area contributed by atoms with Gasteiger partial charge in [-0.1, -0.05) is 6.07 Å². The van der Waals surface area contributed by atoms with Crippen molar-refractivity contribution in [2.24, 2.45) is 11.8 Å². The Morgan fingerprint density at radius 2 is 2.03 bits per heavy atom. The largest absolute Gasteiger partial charge is 0.503 e. The van der Waals surface area contributed by atoms with Crippen LogP contribution in [0.3, 0.4) is 0 Å². The van der Waals surface area contributed by atoms with Crippen molar-refractivity contribution in [3.05, 3.63) is 63.1 Å². The Hall–Kier alpha value is -3.27. The topological polar surface area (TPSA) is 101 Å². The van der Waals surface area contributed by atoms with Crippen molar-refractivity contribution < 1.29 is 28.2 Å². The van der Waals surface area contributed by atoms with E-state index in [9.17, 15) is 28.3 Å². The number of amides is 2. The van der Waals surface area contributed by atoms with Crippen LogP contribution >= 0.6 is 0 Å². The fourth-order valence-corrected chi connectivity index (χ4v) is 5.47. The van der Waals surface area contributed by atoms with Crippen LogP contribution < -0.4 is 10.7 Å². The molecule has 2 aliphatic carbocycles. The van der Waals surface area contributed by atoms with Crippen LogP contribution in [0.4, 0.5) is 8.78 Å². The highest BCUT2D eigenvalue weighted by Crippen LogP contribution is 2.58. The number of hydrogen-bond acceptors (Lipinski definition) is 5. The smallest absolute Gasteiger partial charge is 0.276 e. The molecule has 3 heterocycles. The second kappa shape index (κ2) is 6.61. The molecule has 0 radical (unpaired) electrons. The molecule has 2 amide bonds. The number of hydrogen-bond donors (Lipinski definition) is 2. The van der Waals surface area contributed by atoms with E-state index in [1.165, 1.54) is 16.8 Å². The van der Waals surface area contributed by atoms with Crippen molar-refractivity contribution in [3.63, 3.8) is 0 Å². The fraction of sp³-hybridized carbons (Fsp3) is 0.409. The quantitative estimate of drug-likeness (QED) is 0.746. The molecule has 6 rings (SSSR count). The van der Waals surface area contributed by atoms with Crippen molar-refractivity contribution in [2.45, 2.75) is 44.3 Å². The lowest BCUT2D eigenvalue weighted by atomic mass is 10.0. The summed E-state index contributed by atoms with van der Waals surface area (Å²) in [7, 11) is 0. The molecule has 32 heavy (non-hydrogen) atoms. The Balaban J connectivity index is 1.29. The van der Waals surface area contributed by atoms with E-state index in [1.54, 1.807) is 4.90 Å². The van der Waals surface area contributed by atoms with E-state index >= 15 is 0 Å². The number of carbonyl (C=O) groups excluding carboxylic acids is 2. The van der Waals surface area contributed by atoms with Crippen molar-refractivity contribution in [2.75, 3.05) is 0 Å². The SMILES string of the molecule is O=C(NCc1ccc(F)cc1F)c1cn2c(c(O)c1=O)C(=O)N1C(C2)O[C@H]2C[C@@H]1C1C[C@@H]12. The Morgan fingerprint density at radius 3 is 2.81 bits per heavy atom. The van der Waals surface area contributed by atoms with E-state index in [0.717, 1.165) is 18.9 Å². The van der Waals surface area contributed by atoms with Gasteiger partial charge in [-0.15, -0.1) is 0 Å². The van der Waals surface area contributed by atoms with E-state index in [0.29, 0.717) is 17.9 Å². The molecule has 1 saturated heterocycles. The number of benzene rings is 1. The maximum absolute atomic E-state index is 13.8. The summed E-state index contributed by atoms with van der Waals surface area (Å²) in [5.74, 6) is -2.82. The van der Waals surface area contributed by atoms with Crippen LogP contribution in [-0.4, -0.2) is 44.8 Å². The lowest BCUT2D eigenvalue weighted by molar-refractivity contribution is -0.144. The van der Waals surface area contributed by atoms with Crippen LogP contribution in [-0.2, 0) is 17.8 Å². The van der Waals surface area contributed by atoms with Gasteiger partial charge in [-0.05, 0) is 30.7 Å². The zero-order valence-corrected chi connectivity index (χ0v) is 16.8. The Labute approximate surface area is 180 Å². The highest BCUT2D eigenvalue weighted by molar-refractivity contribution is 5.99. The molecule has 0 spiro atoms. The number of nitrogens with one attached hydrogen (secondary N) is 1. The minimum absolute atomic E-state index is 0.0394. The predicted molar refractivity (Wildman–Crippen MR) is 105 cm³/mol. The van der Waals surface area contributed by atoms with Gasteiger partial charge in [0.2, 0.25) is 5.43 Å². The first-order chi connectivity index (χ1) is 15.3. The Morgan fingerprint density at radius 1 is 1.22 bits per heavy atom. The number of aromatic nitrogens is 1. The summed E-state index contributed by atoms with van der Waals surface area (Å²) in [5, 5.41) is 12.9. The van der Waals surface area contributed by atoms with Gasteiger partial charge in [0.05, 0.1) is 12.6 Å². The third-order valence-electron chi connectivity index (χ3n) is 7.08. The molecule has 2 aliphatic heterocycles. The average Bonchev–Trinajstić information content (AvgIpc) is 3.50. The molecule has 8 nitrogen and oxygen atoms in total. The molecule has 5 atom stereocenters. The van der Waals surface area contributed by atoms with Crippen LogP contribution in [0.1, 0.15) is 39.3 Å². The molecule has 166 valence electrons. The maximum Gasteiger partial charge on any atom is 0.276 e. The summed E-state index contributed by atoms with van der Waals surface area (Å²) in [6, 6.07) is 2.99. The molecule has 4 aliphatic rings. The van der Waals surface area contributed by atoms with Crippen LogP contribution in [0.2, 0.25) is 0 Å². The van der Waals surface area contributed by atoms with Crippen LogP contribution in [0.5, 0.6) is 5.75 Å². The molecule has 1 aromatic carbocycles. The normalized spacial score (nSPS) is 29.2. The van der Waals surface area contributed by atoms with Crippen LogP contribution in [0.15, 0.2) is 29.2 Å². The lowest BCUT2D eigenvalue weighted by Gasteiger charge is -2.45. The molecule has 2 bridgehead atoms. The number of carbonyl (C=O) groups is 2. The number of halogens is 2. The van der Waals surface area contributed by atoms with Crippen molar-refractivity contribution in [1.82, 2.24) is 14.8 Å². The van der Waals surface area contributed by atoms with E-state index in [1.807, 2.05) is 0 Å². The van der Waals surface area contributed by atoms with E-state index in [4.69, 9.17) is 4.74 Å². The molecule has 2 aromatic rings. The minimum Gasteiger partial charge on any atom is -0.503 e. The molecule has 1 aromatic heterocycles. The monoisotopic (exact) mass is 443 g/mol. The van der Waals surface area contributed by atoms with Crippen molar-refractivity contribution >= 4 is 11.8 Å². The highest BCUT2D eigenvalue weighted by atomic mass is 19.1. The summed E-state index contributed by atoms with van der Waals surface area (Å²) >= 11 is 0. The van der Waals surface area contributed by atoms with Crippen molar-refractivity contribution in [3.8, 4) is 5.75 Å². The first-order valence-corrected chi connectivity index (χ1v) is 10.5. The third kappa shape index (κ3) is 2.72. The zero-order chi connectivity index (χ0) is 22.3. The van der Waals surface area contributed by atoms with Gasteiger partial charge >= 0.3 is 0 Å². The molecular weight excluding hydrogens is 424 g/mol. The van der Waals surface area contributed by atoms with Gasteiger partial charge in [0, 0.05) is 30.4 Å². The number of ether oxygens (including phenoxy) is 1. The average molecular weight is 443 g/mol. The zero-order valence-electron chi connectivity index (χ0n) is 16.8. The molecule has 10 heteroatoms. The molecule has 2 saturated carbocycles. The Kier molecular flexibility index (Phi) is 4.01. The van der Waals surface area contributed by atoms with Gasteiger partial charge < -0.3 is 24.6 Å². The van der Waals surface area contributed by atoms with Crippen molar-refractivity contribution in [1.29, 1.82) is 0 Å². The van der Waals surface area contributed by atoms with E-state index in [2.05, 4.69) is 5.32 Å². The van der Waals surface area contributed by atoms with Gasteiger partial charge in [0.15, 0.2) is 17.7 Å². The van der Waals surface area contributed by atoms with Gasteiger partial charge in [-0.25, -0.2) is 8.78 Å². The summed E-state index contributed by atoms with van der Waals surface area (Å²) < 4.78 is 34.4. The maximum atomic E-state index is 13.8. The number of pyridine rings is 1. The fourth-order valence-electron chi connectivity index (χ4n) is 5.47. The number of aromatic hydroxyl groups is 1. The second-order valence-corrected chi connectivity index (χ2v) is 8.85. The number of nitrogens with zero attached hydrogens (tertiary/aromatic N) is 2. The standard InChI is InChI=1S/C22H19F2N3O5/c23-10-2-1-9(14(24)3-10)6-25-21(30)13-7-26-8-17-27(22(31)18(26)20(29)19(13)28)15-5-16(32-17)12-4-11(12)15/h1-3,7,11-12,15-17,29H,4-6,8H2,(H,25,30)/t11?,12-,15+,16-,17?/m0/s1. The Bertz CT molecular complexity index is 1240. The predicted octanol–water partition coefficient (Wildman–Crippen LogP) is 1.35. The van der Waals surface area contributed by atoms with E-state index < -0.39 is 40.9 Å². The van der Waals surface area contributed by atoms with E-state index in [-0.39, 0.29) is 42.1 Å². The molecule has 3 fully saturated rings. The highest BCUT2D eigenvalue weighted by Gasteiger charge is 2.63. The van der Waals surface area contributed by atoms with Gasteiger partial charge in [0.1, 0.15) is 17.2 Å². The summed E-state index contributed by atoms with van der Waals surface area (Å²) in [5.41, 5.74) is -1.47. The van der Waals surface area contributed by atoms with Gasteiger partial charge in [0.25, 0.3) is 11.8 Å². The molecular formula is C22H19F2N3O5. The van der Waals surface area contributed by atoms with Gasteiger partial charge in [-0.3, -0.25) is 14.4 Å². The first-order valence-electron chi connectivity index (χ1n) is 10.5. The number of fused-ring (bicyclic) bond motifs is 8. The molecule has 2 unspecified atom stereocenters. The summed E-state index contributed by atoms with van der Waals surface area (Å²) in [6.45, 7) is -0.0916. The lowest BCUT2D eigenvalue weighted by Crippen LogP contribution is -2.58. The first kappa shape index (κ1) is 19.4. The second-order valence-electron chi connectivity index (χ2n) is 8.85. The molecule has 2 N–H and O–H groups in total. The summed E-state index contributed by atoms with van der Waals surface area (Å²) in [6.07, 6.45) is 2.62. The third-order valence-corrected chi connectivity index (χ3v) is 7.08.